The van der Waals surface area contributed by atoms with Crippen molar-refractivity contribution >= 4 is 77.7 Å². The molecule has 0 spiro atoms. The molecule has 6 heteroatoms. The van der Waals surface area contributed by atoms with Crippen LogP contribution in [0.3, 0.4) is 0 Å². The molecule has 0 fully saturated rings. The van der Waals surface area contributed by atoms with E-state index in [0.717, 1.165) is 67.1 Å². The van der Waals surface area contributed by atoms with Gasteiger partial charge in [0.05, 0.1) is 17.5 Å². The van der Waals surface area contributed by atoms with Crippen LogP contribution in [0, 0.1) is 0 Å². The molecule has 0 aliphatic carbocycles. The second kappa shape index (κ2) is 15.6. The van der Waals surface area contributed by atoms with Crippen LogP contribution in [-0.2, 0) is 0 Å². The Morgan fingerprint density at radius 3 is 1.63 bits per heavy atom. The zero-order chi connectivity index (χ0) is 43.5. The van der Waals surface area contributed by atoms with Crippen molar-refractivity contribution in [3.05, 3.63) is 231 Å². The fourth-order valence-electron chi connectivity index (χ4n) is 10.3. The summed E-state index contributed by atoms with van der Waals surface area (Å²) in [5.74, 6) is 0.959. The average molecular weight is 875 g/mol. The molecule has 0 saturated heterocycles. The van der Waals surface area contributed by atoms with Gasteiger partial charge in [0.1, 0.15) is 13.7 Å². The highest BCUT2D eigenvalue weighted by atomic mass is 32.3. The molecule has 12 aromatic rings. The summed E-state index contributed by atoms with van der Waals surface area (Å²) in [7, 11) is -3.95. The van der Waals surface area contributed by atoms with Gasteiger partial charge in [-0.1, -0.05) is 153 Å². The van der Waals surface area contributed by atoms with Crippen molar-refractivity contribution in [2.45, 2.75) is 28.2 Å². The molecule has 0 saturated carbocycles. The van der Waals surface area contributed by atoms with Crippen LogP contribution in [0.15, 0.2) is 254 Å². The summed E-state index contributed by atoms with van der Waals surface area (Å²) in [6.45, 7) is 4.81. The van der Waals surface area contributed by atoms with Crippen LogP contribution in [0.2, 0.25) is 6.55 Å². The van der Waals surface area contributed by atoms with E-state index in [-0.39, 0.29) is 0 Å². The lowest BCUT2D eigenvalue weighted by Crippen LogP contribution is -2.64. The number of benzene rings is 8. The third kappa shape index (κ3) is 6.12. The molecule has 0 radical (unpaired) electrons. The van der Waals surface area contributed by atoms with Gasteiger partial charge in [0.25, 0.3) is 0 Å². The molecule has 4 aromatic heterocycles. The molecule has 0 bridgehead atoms. The molecule has 12 rings (SSSR count). The highest BCUT2D eigenvalue weighted by Crippen LogP contribution is 2.68. The largest absolute Gasteiger partial charge is 0.447 e. The summed E-state index contributed by atoms with van der Waals surface area (Å²) in [6.07, 6.45) is 1.79. The molecule has 1 atom stereocenters. The third-order valence-electron chi connectivity index (χ3n) is 13.7. The van der Waals surface area contributed by atoms with Crippen molar-refractivity contribution in [2.24, 2.45) is 0 Å². The number of hydrogen-bond donors (Lipinski definition) is 0. The van der Waals surface area contributed by atoms with E-state index in [9.17, 15) is 0 Å². The lowest BCUT2D eigenvalue weighted by Gasteiger charge is -2.41. The Morgan fingerprint density at radius 1 is 0.446 bits per heavy atom. The fraction of sp³-hybridized carbons (Fsp3) is 0.0508. The van der Waals surface area contributed by atoms with E-state index in [1.54, 1.807) is 6.26 Å². The lowest BCUT2D eigenvalue weighted by molar-refractivity contribution is 0.596. The van der Waals surface area contributed by atoms with Crippen LogP contribution in [0.5, 0.6) is 0 Å². The molecule has 65 heavy (non-hydrogen) atoms. The first-order valence-electron chi connectivity index (χ1n) is 22.3. The minimum atomic E-state index is -2.30. The number of fused-ring (bicyclic) bond motifs is 6. The number of para-hydroxylation sites is 2. The van der Waals surface area contributed by atoms with Gasteiger partial charge >= 0.3 is 0 Å². The topological polar surface area (TPSA) is 36.1 Å². The highest BCUT2D eigenvalue weighted by molar-refractivity contribution is 8.33. The molecule has 0 N–H and O–H groups in total. The van der Waals surface area contributed by atoms with Gasteiger partial charge < -0.3 is 8.83 Å². The van der Waals surface area contributed by atoms with Gasteiger partial charge in [0.2, 0.25) is 11.4 Å². The quantitative estimate of drug-likeness (QED) is 0.101. The van der Waals surface area contributed by atoms with Gasteiger partial charge in [0, 0.05) is 32.9 Å². The predicted octanol–water partition coefficient (Wildman–Crippen LogP) is 14.1. The van der Waals surface area contributed by atoms with Crippen molar-refractivity contribution in [1.82, 2.24) is 9.13 Å². The summed E-state index contributed by atoms with van der Waals surface area (Å²) in [6, 6.07) is 82.3. The van der Waals surface area contributed by atoms with E-state index in [0.29, 0.717) is 0 Å². The summed E-state index contributed by atoms with van der Waals surface area (Å²) >= 11 is 0. The average Bonchev–Trinajstić information content (AvgIpc) is 4.16. The minimum absolute atomic E-state index is 0.851. The van der Waals surface area contributed by atoms with Crippen molar-refractivity contribution in [3.8, 4) is 22.6 Å². The molecule has 4 nitrogen and oxygen atoms in total. The minimum Gasteiger partial charge on any atom is -0.447 e. The number of aromatic nitrogens is 2. The monoisotopic (exact) mass is 874 g/mol. The summed E-state index contributed by atoms with van der Waals surface area (Å²) < 4.78 is 17.4. The van der Waals surface area contributed by atoms with Crippen LogP contribution in [0.25, 0.3) is 66.7 Å². The standard InChI is InChI=1S/C59H46N2O2SSi/c1-3-64(45-17-7-4-8-18-45,47-35-29-43(30-36-47)60-55-25-15-13-23-51(55)53-39-40-62-58(53)60)46-33-27-42(28-34-46)56-41-54-52-24-14-16-26-57(52)63-59(54)61(56)44-31-37-50(38-32-44)65(2,48-19-9-5-10-20-48)49-21-11-6-12-22-49/h4-41H,3H2,1-2H3. The van der Waals surface area contributed by atoms with E-state index in [2.05, 4.69) is 241 Å². The van der Waals surface area contributed by atoms with Gasteiger partial charge in [-0.25, -0.2) is 0 Å². The molecule has 314 valence electrons. The molecular weight excluding hydrogens is 829 g/mol. The van der Waals surface area contributed by atoms with E-state index in [1.165, 1.54) is 35.6 Å². The molecule has 0 amide bonds. The summed E-state index contributed by atoms with van der Waals surface area (Å²) in [4.78, 5) is 3.99. The molecule has 1 unspecified atom stereocenters. The van der Waals surface area contributed by atoms with Crippen LogP contribution in [0.4, 0.5) is 0 Å². The maximum Gasteiger partial charge on any atom is 0.213 e. The smallest absolute Gasteiger partial charge is 0.213 e. The maximum absolute atomic E-state index is 6.73. The van der Waals surface area contributed by atoms with Gasteiger partial charge in [-0.2, -0.15) is 10.0 Å². The van der Waals surface area contributed by atoms with E-state index in [1.807, 2.05) is 6.07 Å². The van der Waals surface area contributed by atoms with Gasteiger partial charge in [-0.05, 0) is 126 Å². The molecule has 8 aromatic carbocycles. The molecule has 0 aliphatic heterocycles. The number of furan rings is 2. The zero-order valence-corrected chi connectivity index (χ0v) is 38.1. The fourth-order valence-corrected chi connectivity index (χ4v) is 17.5. The Kier molecular flexibility index (Phi) is 9.40. The Bertz CT molecular complexity index is 3590. The van der Waals surface area contributed by atoms with Crippen molar-refractivity contribution in [1.29, 1.82) is 0 Å². The Hall–Kier alpha value is -7.51. The summed E-state index contributed by atoms with van der Waals surface area (Å²) in [5, 5.41) is 8.69. The highest BCUT2D eigenvalue weighted by Gasteiger charge is 2.34. The van der Waals surface area contributed by atoms with E-state index in [4.69, 9.17) is 8.83 Å². The predicted molar refractivity (Wildman–Crippen MR) is 274 cm³/mol. The zero-order valence-electron chi connectivity index (χ0n) is 36.3. The van der Waals surface area contributed by atoms with Crippen molar-refractivity contribution in [2.75, 3.05) is 5.75 Å². The Morgan fingerprint density at radius 2 is 0.969 bits per heavy atom. The van der Waals surface area contributed by atoms with Crippen molar-refractivity contribution in [3.63, 3.8) is 0 Å². The Balaban J connectivity index is 0.972. The third-order valence-corrected chi connectivity index (χ3v) is 22.2. The van der Waals surface area contributed by atoms with Crippen molar-refractivity contribution < 1.29 is 8.83 Å². The van der Waals surface area contributed by atoms with Crippen LogP contribution in [-0.4, -0.2) is 23.0 Å². The second-order valence-corrected chi connectivity index (χ2v) is 24.4. The van der Waals surface area contributed by atoms with Gasteiger partial charge in [0.15, 0.2) is 0 Å². The van der Waals surface area contributed by atoms with Crippen LogP contribution in [0.1, 0.15) is 6.92 Å². The summed E-state index contributed by atoms with van der Waals surface area (Å²) in [5.41, 5.74) is 8.13. The van der Waals surface area contributed by atoms with Crippen LogP contribution >= 0.6 is 10.0 Å². The molecule has 0 aliphatic rings. The van der Waals surface area contributed by atoms with Gasteiger partial charge in [-0.15, -0.1) is 0 Å². The lowest BCUT2D eigenvalue weighted by atomic mass is 10.1. The normalized spacial score (nSPS) is 13.4. The number of rotatable bonds is 10. The second-order valence-electron chi connectivity index (χ2n) is 16.9. The first-order valence-corrected chi connectivity index (χ1v) is 26.7. The maximum atomic E-state index is 6.73. The first kappa shape index (κ1) is 39.1. The van der Waals surface area contributed by atoms with E-state index < -0.39 is 18.1 Å². The first-order chi connectivity index (χ1) is 32.1. The molecular formula is C59H46N2O2SSi. The number of hydrogen-bond acceptors (Lipinski definition) is 2. The van der Waals surface area contributed by atoms with E-state index >= 15 is 0 Å². The SMILES string of the molecule is CCS(c1ccccc1)(c1ccc(-c2cc3c4ccccc4oc3n2-c2ccc([Si](C)(c3ccccc3)c3ccccc3)cc2)cc1)c1ccc(-n2c3ccccc3c3ccoc32)cc1. The van der Waals surface area contributed by atoms with Gasteiger partial charge in [-0.3, -0.25) is 9.13 Å². The van der Waals surface area contributed by atoms with Crippen LogP contribution < -0.4 is 15.6 Å². The molecule has 4 heterocycles. The Labute approximate surface area is 381 Å². The number of nitrogens with zero attached hydrogens (tertiary/aromatic N) is 2.